The molecule has 13 heteroatoms. The van der Waals surface area contributed by atoms with Crippen LogP contribution in [0.2, 0.25) is 5.02 Å². The highest BCUT2D eigenvalue weighted by molar-refractivity contribution is 7.90. The second-order valence-electron chi connectivity index (χ2n) is 18.5. The molecule has 0 spiro atoms. The van der Waals surface area contributed by atoms with Crippen molar-refractivity contribution in [2.24, 2.45) is 23.7 Å². The van der Waals surface area contributed by atoms with Gasteiger partial charge < -0.3 is 24.2 Å². The molecule has 2 aromatic carbocycles. The van der Waals surface area contributed by atoms with Crippen LogP contribution in [0, 0.1) is 23.7 Å². The highest BCUT2D eigenvalue weighted by atomic mass is 35.5. The molecule has 2 saturated heterocycles. The van der Waals surface area contributed by atoms with Crippen molar-refractivity contribution in [2.75, 3.05) is 63.8 Å². The Morgan fingerprint density at radius 3 is 2.49 bits per heavy atom. The first-order valence-electron chi connectivity index (χ1n) is 21.4. The minimum atomic E-state index is -3.92. The SMILES string of the molecule is C[C@@H]1[C@@H](C)CCC[C@H](CN2CCN3CCN(C(=O)OC(C)(C)C)C[C@@H]3C2)[C@@H]2CC[C@H]2CN2CCCCc3cc(Cl)ccc3COc3ccc(cc32)C(=O)NS1(=O)=O. The normalized spacial score (nSPS) is 29.3. The van der Waals surface area contributed by atoms with Crippen molar-refractivity contribution in [2.45, 2.75) is 109 Å². The van der Waals surface area contributed by atoms with Gasteiger partial charge in [0.25, 0.3) is 5.91 Å². The number of carbonyl (C=O) groups excluding carboxylic acids is 2. The average Bonchev–Trinajstić information content (AvgIpc) is 3.17. The summed E-state index contributed by atoms with van der Waals surface area (Å²) in [7, 11) is -3.92. The van der Waals surface area contributed by atoms with Crippen molar-refractivity contribution in [3.05, 3.63) is 58.1 Å². The fourth-order valence-corrected chi connectivity index (χ4v) is 11.3. The number of piperazine rings is 2. The summed E-state index contributed by atoms with van der Waals surface area (Å²) in [4.78, 5) is 36.2. The maximum Gasteiger partial charge on any atom is 0.410 e. The first-order valence-corrected chi connectivity index (χ1v) is 23.4. The zero-order valence-corrected chi connectivity index (χ0v) is 36.3. The maximum absolute atomic E-state index is 13.6. The minimum Gasteiger partial charge on any atom is -0.487 e. The fraction of sp³-hybridized carbons (Fsp3) is 0.682. The van der Waals surface area contributed by atoms with E-state index in [-0.39, 0.29) is 18.1 Å². The van der Waals surface area contributed by atoms with Crippen LogP contribution in [-0.2, 0) is 27.8 Å². The Balaban J connectivity index is 1.15. The molecule has 4 aliphatic heterocycles. The molecule has 1 N–H and O–H groups in total. The van der Waals surface area contributed by atoms with Crippen molar-refractivity contribution < 1.29 is 27.5 Å². The standard InChI is InChI=1S/C44H64ClN5O6S/c1-30-9-8-11-34(25-47-19-20-48-21-22-50(28-38(48)27-47)43(52)56-44(3,4)5)39-16-13-35(39)26-49-18-7-6-10-32-23-37(45)15-12-36(32)29-55-41-17-14-33(24-40(41)49)42(51)46-57(53,54)31(30)2/h12,14-15,17,23-24,30-31,34-35,38-39H,6-11,13,16,18-22,25-29H2,1-5H3,(H,46,51)/t30-,31+,34+,35-,38-,39-/m0/s1. The molecule has 5 aliphatic rings. The number of carbonyl (C=O) groups is 2. The van der Waals surface area contributed by atoms with E-state index in [1.165, 1.54) is 12.0 Å². The van der Waals surface area contributed by atoms with Crippen LogP contribution in [0.4, 0.5) is 10.5 Å². The number of rotatable bonds is 2. The molecule has 1 aliphatic carbocycles. The van der Waals surface area contributed by atoms with Crippen molar-refractivity contribution in [3.63, 3.8) is 0 Å². The highest BCUT2D eigenvalue weighted by Crippen LogP contribution is 2.45. The molecule has 2 aromatic rings. The summed E-state index contributed by atoms with van der Waals surface area (Å²) in [5.74, 6) is 1.48. The quantitative estimate of drug-likeness (QED) is 0.336. The Morgan fingerprint density at radius 1 is 0.912 bits per heavy atom. The number of fused-ring (bicyclic) bond motifs is 4. The Hall–Kier alpha value is -3.06. The van der Waals surface area contributed by atoms with Crippen LogP contribution in [0.5, 0.6) is 5.75 Å². The van der Waals surface area contributed by atoms with E-state index >= 15 is 0 Å². The number of hydrogen-bond acceptors (Lipinski definition) is 9. The monoisotopic (exact) mass is 825 g/mol. The van der Waals surface area contributed by atoms with Gasteiger partial charge in [0.15, 0.2) is 0 Å². The lowest BCUT2D eigenvalue weighted by Gasteiger charge is -2.50. The molecular weight excluding hydrogens is 762 g/mol. The molecule has 57 heavy (non-hydrogen) atoms. The van der Waals surface area contributed by atoms with Gasteiger partial charge in [0.05, 0.1) is 10.9 Å². The second kappa shape index (κ2) is 17.7. The molecule has 4 heterocycles. The van der Waals surface area contributed by atoms with Gasteiger partial charge in [-0.25, -0.2) is 17.9 Å². The van der Waals surface area contributed by atoms with Gasteiger partial charge in [-0.2, -0.15) is 0 Å². The third-order valence-electron chi connectivity index (χ3n) is 13.5. The lowest BCUT2D eigenvalue weighted by Crippen LogP contribution is -2.63. The summed E-state index contributed by atoms with van der Waals surface area (Å²) in [6.45, 7) is 17.7. The molecular formula is C44H64ClN5O6S. The molecule has 3 fully saturated rings. The average molecular weight is 827 g/mol. The van der Waals surface area contributed by atoms with Crippen LogP contribution in [0.1, 0.15) is 101 Å². The molecule has 0 aromatic heterocycles. The summed E-state index contributed by atoms with van der Waals surface area (Å²) < 4.78 is 42.0. The Bertz CT molecular complexity index is 1870. The number of amides is 2. The van der Waals surface area contributed by atoms with Crippen LogP contribution in [0.3, 0.4) is 0 Å². The molecule has 11 nitrogen and oxygen atoms in total. The van der Waals surface area contributed by atoms with Gasteiger partial charge >= 0.3 is 6.09 Å². The second-order valence-corrected chi connectivity index (χ2v) is 21.0. The first kappa shape index (κ1) is 42.1. The highest BCUT2D eigenvalue weighted by Gasteiger charge is 2.41. The van der Waals surface area contributed by atoms with Crippen molar-refractivity contribution in [1.29, 1.82) is 0 Å². The van der Waals surface area contributed by atoms with E-state index in [0.29, 0.717) is 48.8 Å². The maximum atomic E-state index is 13.6. The number of anilines is 1. The number of aryl methyl sites for hydroxylation is 1. The van der Waals surface area contributed by atoms with Crippen LogP contribution in [0.15, 0.2) is 36.4 Å². The zero-order chi connectivity index (χ0) is 40.5. The molecule has 2 amide bonds. The molecule has 314 valence electrons. The number of hydrogen-bond donors (Lipinski definition) is 1. The Kier molecular flexibility index (Phi) is 13.0. The van der Waals surface area contributed by atoms with Gasteiger partial charge in [-0.3, -0.25) is 9.69 Å². The van der Waals surface area contributed by atoms with E-state index in [1.807, 2.05) is 62.9 Å². The van der Waals surface area contributed by atoms with Gasteiger partial charge in [-0.1, -0.05) is 31.0 Å². The Morgan fingerprint density at radius 2 is 1.72 bits per heavy atom. The molecule has 0 radical (unpaired) electrons. The smallest absolute Gasteiger partial charge is 0.410 e. The predicted octanol–water partition coefficient (Wildman–Crippen LogP) is 7.21. The number of halogens is 1. The van der Waals surface area contributed by atoms with Crippen molar-refractivity contribution in [3.8, 4) is 5.75 Å². The number of ether oxygens (including phenoxy) is 2. The summed E-state index contributed by atoms with van der Waals surface area (Å²) in [6.07, 6.45) is 7.71. The van der Waals surface area contributed by atoms with Gasteiger partial charge in [-0.15, -0.1) is 0 Å². The van der Waals surface area contributed by atoms with E-state index in [9.17, 15) is 18.0 Å². The van der Waals surface area contributed by atoms with Crippen molar-refractivity contribution >= 4 is 39.3 Å². The molecule has 2 bridgehead atoms. The minimum absolute atomic E-state index is 0.111. The van der Waals surface area contributed by atoms with Gasteiger partial charge in [-0.05, 0) is 138 Å². The largest absolute Gasteiger partial charge is 0.487 e. The van der Waals surface area contributed by atoms with E-state index in [1.54, 1.807) is 13.0 Å². The van der Waals surface area contributed by atoms with Crippen LogP contribution in [0.25, 0.3) is 0 Å². The molecule has 6 atom stereocenters. The molecule has 0 unspecified atom stereocenters. The van der Waals surface area contributed by atoms with Gasteiger partial charge in [0, 0.05) is 75.5 Å². The molecule has 7 rings (SSSR count). The fourth-order valence-electron chi connectivity index (χ4n) is 9.78. The van der Waals surface area contributed by atoms with Crippen LogP contribution in [-0.4, -0.2) is 111 Å². The molecule has 1 saturated carbocycles. The number of sulfonamides is 1. The lowest BCUT2D eigenvalue weighted by molar-refractivity contribution is -0.0225. The topological polar surface area (TPSA) is 112 Å². The van der Waals surface area contributed by atoms with E-state index in [4.69, 9.17) is 21.1 Å². The van der Waals surface area contributed by atoms with Gasteiger partial charge in [0.2, 0.25) is 10.0 Å². The number of benzene rings is 2. The zero-order valence-electron chi connectivity index (χ0n) is 34.7. The van der Waals surface area contributed by atoms with Gasteiger partial charge in [0.1, 0.15) is 18.0 Å². The van der Waals surface area contributed by atoms with Crippen LogP contribution < -0.4 is 14.4 Å². The third-order valence-corrected chi connectivity index (χ3v) is 15.6. The summed E-state index contributed by atoms with van der Waals surface area (Å²) in [5.41, 5.74) is 2.93. The van der Waals surface area contributed by atoms with E-state index < -0.39 is 26.8 Å². The van der Waals surface area contributed by atoms with E-state index in [0.717, 1.165) is 107 Å². The summed E-state index contributed by atoms with van der Waals surface area (Å²) >= 11 is 6.42. The Labute approximate surface area is 345 Å². The van der Waals surface area contributed by atoms with Crippen LogP contribution >= 0.6 is 11.6 Å². The van der Waals surface area contributed by atoms with E-state index in [2.05, 4.69) is 19.4 Å². The predicted molar refractivity (Wildman–Crippen MR) is 226 cm³/mol. The summed E-state index contributed by atoms with van der Waals surface area (Å²) in [5, 5.41) is 0.00297. The first-order chi connectivity index (χ1) is 27.1. The van der Waals surface area contributed by atoms with Crippen molar-refractivity contribution in [1.82, 2.24) is 19.4 Å². The summed E-state index contributed by atoms with van der Waals surface area (Å²) in [6, 6.07) is 11.6. The number of nitrogens with zero attached hydrogens (tertiary/aromatic N) is 4. The number of nitrogens with one attached hydrogen (secondary N) is 1. The third kappa shape index (κ3) is 10.2. The lowest BCUT2D eigenvalue weighted by atomic mass is 9.65.